The summed E-state index contributed by atoms with van der Waals surface area (Å²) in [6.07, 6.45) is 15.8. The normalized spacial score (nSPS) is 11.9. The third kappa shape index (κ3) is 4.46. The van der Waals surface area contributed by atoms with Gasteiger partial charge in [0.15, 0.2) is 0 Å². The van der Waals surface area contributed by atoms with Crippen LogP contribution in [0.4, 0.5) is 0 Å². The molecule has 0 fully saturated rings. The summed E-state index contributed by atoms with van der Waals surface area (Å²) in [6, 6.07) is 16.7. The highest BCUT2D eigenvalue weighted by Gasteiger charge is 2.19. The van der Waals surface area contributed by atoms with Gasteiger partial charge in [-0.25, -0.2) is 0 Å². The van der Waals surface area contributed by atoms with Crippen molar-refractivity contribution in [2.45, 2.75) is 25.2 Å². The van der Waals surface area contributed by atoms with Gasteiger partial charge in [0, 0.05) is 49.3 Å². The molecule has 28 heavy (non-hydrogen) atoms. The molecule has 4 aromatic heterocycles. The monoisotopic (exact) mass is 366 g/mol. The minimum atomic E-state index is 0.176. The fraction of sp³-hybridized carbons (Fsp3) is 0.167. The molecule has 0 spiro atoms. The van der Waals surface area contributed by atoms with Gasteiger partial charge in [-0.1, -0.05) is 12.1 Å². The first-order valence-corrected chi connectivity index (χ1v) is 9.51. The van der Waals surface area contributed by atoms with Gasteiger partial charge in [-0.2, -0.15) is 0 Å². The molecule has 0 radical (unpaired) electrons. The van der Waals surface area contributed by atoms with Crippen LogP contribution >= 0.6 is 0 Å². The van der Waals surface area contributed by atoms with Gasteiger partial charge in [0.25, 0.3) is 0 Å². The summed E-state index contributed by atoms with van der Waals surface area (Å²) in [5.41, 5.74) is 6.14. The van der Waals surface area contributed by atoms with Crippen LogP contribution in [0.3, 0.4) is 0 Å². The first-order valence-electron chi connectivity index (χ1n) is 9.51. The largest absolute Gasteiger partial charge is 0.265 e. The molecule has 4 heteroatoms. The van der Waals surface area contributed by atoms with Crippen LogP contribution in [0, 0.1) is 0 Å². The second kappa shape index (κ2) is 9.00. The van der Waals surface area contributed by atoms with E-state index in [4.69, 9.17) is 4.98 Å². The summed E-state index contributed by atoms with van der Waals surface area (Å²) in [4.78, 5) is 17.4. The van der Waals surface area contributed by atoms with Crippen LogP contribution in [0.15, 0.2) is 91.9 Å². The lowest BCUT2D eigenvalue weighted by Crippen LogP contribution is -2.11. The van der Waals surface area contributed by atoms with Crippen LogP contribution in [-0.4, -0.2) is 19.9 Å². The van der Waals surface area contributed by atoms with Gasteiger partial charge in [-0.15, -0.1) is 0 Å². The van der Waals surface area contributed by atoms with E-state index in [1.54, 1.807) is 0 Å². The standard InChI is InChI=1S/C24H22N4/c1-3-20(18-27-11-1)5-6-22-4-2-12-28-24(22)23(21-9-15-26-16-10-21)17-19-7-13-25-14-8-19/h1-4,7-16,18,23H,5-6,17H2. The highest BCUT2D eigenvalue weighted by atomic mass is 14.7. The molecule has 0 amide bonds. The van der Waals surface area contributed by atoms with E-state index >= 15 is 0 Å². The van der Waals surface area contributed by atoms with Crippen LogP contribution in [0.25, 0.3) is 0 Å². The van der Waals surface area contributed by atoms with Gasteiger partial charge >= 0.3 is 0 Å². The van der Waals surface area contributed by atoms with Crippen LogP contribution in [0.1, 0.15) is 33.9 Å². The Morgan fingerprint density at radius 3 is 2.14 bits per heavy atom. The third-order valence-corrected chi connectivity index (χ3v) is 4.96. The van der Waals surface area contributed by atoms with Crippen molar-refractivity contribution in [3.8, 4) is 0 Å². The van der Waals surface area contributed by atoms with Crippen molar-refractivity contribution >= 4 is 0 Å². The van der Waals surface area contributed by atoms with Crippen molar-refractivity contribution in [3.05, 3.63) is 120 Å². The van der Waals surface area contributed by atoms with Crippen LogP contribution in [0.5, 0.6) is 0 Å². The van der Waals surface area contributed by atoms with E-state index in [0.717, 1.165) is 25.0 Å². The van der Waals surface area contributed by atoms with Crippen molar-refractivity contribution < 1.29 is 0 Å². The molecule has 0 N–H and O–H groups in total. The molecule has 0 bridgehead atoms. The summed E-state index contributed by atoms with van der Waals surface area (Å²) in [5, 5.41) is 0. The summed E-state index contributed by atoms with van der Waals surface area (Å²) in [5.74, 6) is 0.176. The number of nitrogens with zero attached hydrogens (tertiary/aromatic N) is 4. The molecule has 0 aromatic carbocycles. The third-order valence-electron chi connectivity index (χ3n) is 4.96. The van der Waals surface area contributed by atoms with Gasteiger partial charge in [0.2, 0.25) is 0 Å². The zero-order valence-electron chi connectivity index (χ0n) is 15.6. The quantitative estimate of drug-likeness (QED) is 0.486. The molecule has 4 heterocycles. The molecular weight excluding hydrogens is 344 g/mol. The molecular formula is C24H22N4. The SMILES string of the molecule is c1cncc(CCc2cccnc2C(Cc2ccncc2)c2ccncc2)c1. The Bertz CT molecular complexity index is 989. The first-order chi connectivity index (χ1) is 13.9. The molecule has 0 aliphatic rings. The predicted molar refractivity (Wildman–Crippen MR) is 110 cm³/mol. The maximum atomic E-state index is 4.81. The summed E-state index contributed by atoms with van der Waals surface area (Å²) in [6.45, 7) is 0. The lowest BCUT2D eigenvalue weighted by Gasteiger charge is -2.20. The van der Waals surface area contributed by atoms with Gasteiger partial charge in [0.1, 0.15) is 0 Å². The summed E-state index contributed by atoms with van der Waals surface area (Å²) < 4.78 is 0. The average Bonchev–Trinajstić information content (AvgIpc) is 2.78. The van der Waals surface area contributed by atoms with Crippen molar-refractivity contribution in [2.75, 3.05) is 0 Å². The molecule has 4 aromatic rings. The van der Waals surface area contributed by atoms with Gasteiger partial charge < -0.3 is 0 Å². The lowest BCUT2D eigenvalue weighted by atomic mass is 9.86. The highest BCUT2D eigenvalue weighted by molar-refractivity contribution is 5.35. The van der Waals surface area contributed by atoms with Gasteiger partial charge in [-0.3, -0.25) is 19.9 Å². The van der Waals surface area contributed by atoms with Crippen molar-refractivity contribution in [3.63, 3.8) is 0 Å². The number of rotatable bonds is 7. The molecule has 1 atom stereocenters. The molecule has 4 nitrogen and oxygen atoms in total. The van der Waals surface area contributed by atoms with Crippen molar-refractivity contribution in [2.24, 2.45) is 0 Å². The number of pyridine rings is 4. The topological polar surface area (TPSA) is 51.6 Å². The van der Waals surface area contributed by atoms with Crippen molar-refractivity contribution in [1.29, 1.82) is 0 Å². The Morgan fingerprint density at radius 2 is 1.39 bits per heavy atom. The van der Waals surface area contributed by atoms with E-state index in [2.05, 4.69) is 51.4 Å². The Morgan fingerprint density at radius 1 is 0.643 bits per heavy atom. The second-order valence-electron chi connectivity index (χ2n) is 6.80. The number of aromatic nitrogens is 4. The summed E-state index contributed by atoms with van der Waals surface area (Å²) >= 11 is 0. The van der Waals surface area contributed by atoms with E-state index in [1.807, 2.05) is 55.5 Å². The Balaban J connectivity index is 1.66. The van der Waals surface area contributed by atoms with E-state index in [-0.39, 0.29) is 5.92 Å². The van der Waals surface area contributed by atoms with Crippen LogP contribution in [-0.2, 0) is 19.3 Å². The number of aryl methyl sites for hydroxylation is 2. The lowest BCUT2D eigenvalue weighted by molar-refractivity contribution is 0.748. The second-order valence-corrected chi connectivity index (χ2v) is 6.80. The van der Waals surface area contributed by atoms with E-state index in [1.165, 1.54) is 22.3 Å². The summed E-state index contributed by atoms with van der Waals surface area (Å²) in [7, 11) is 0. The minimum absolute atomic E-state index is 0.176. The molecule has 4 rings (SSSR count). The molecule has 0 saturated carbocycles. The maximum Gasteiger partial charge on any atom is 0.0513 e. The van der Waals surface area contributed by atoms with Crippen LogP contribution in [0.2, 0.25) is 0 Å². The van der Waals surface area contributed by atoms with Crippen LogP contribution < -0.4 is 0 Å². The zero-order valence-corrected chi connectivity index (χ0v) is 15.6. The molecule has 1 unspecified atom stereocenters. The Labute approximate surface area is 165 Å². The van der Waals surface area contributed by atoms with Gasteiger partial charge in [0.05, 0.1) is 5.69 Å². The maximum absolute atomic E-state index is 4.81. The van der Waals surface area contributed by atoms with E-state index < -0.39 is 0 Å². The number of hydrogen-bond acceptors (Lipinski definition) is 4. The van der Waals surface area contributed by atoms with Gasteiger partial charge in [-0.05, 0) is 77.9 Å². The molecule has 0 aliphatic heterocycles. The number of hydrogen-bond donors (Lipinski definition) is 0. The molecule has 138 valence electrons. The van der Waals surface area contributed by atoms with E-state index in [0.29, 0.717) is 0 Å². The first kappa shape index (κ1) is 18.0. The zero-order chi connectivity index (χ0) is 19.0. The van der Waals surface area contributed by atoms with E-state index in [9.17, 15) is 0 Å². The van der Waals surface area contributed by atoms with Crippen molar-refractivity contribution in [1.82, 2.24) is 19.9 Å². The molecule has 0 aliphatic carbocycles. The fourth-order valence-electron chi connectivity index (χ4n) is 3.52. The highest BCUT2D eigenvalue weighted by Crippen LogP contribution is 2.29. The predicted octanol–water partition coefficient (Wildman–Crippen LogP) is 4.43. The molecule has 0 saturated heterocycles. The average molecular weight is 366 g/mol. The Hall–Kier alpha value is -3.40. The smallest absolute Gasteiger partial charge is 0.0513 e. The Kier molecular flexibility index (Phi) is 5.78. The minimum Gasteiger partial charge on any atom is -0.265 e. The fourth-order valence-corrected chi connectivity index (χ4v) is 3.52.